The molecular formula is C62H87Br2ClN8O18S. The second-order valence-corrected chi connectivity index (χ2v) is 27.7. The van der Waals surface area contributed by atoms with Crippen molar-refractivity contribution in [3.8, 4) is 5.75 Å². The molecule has 5 rings (SSSR count). The zero-order valence-corrected chi connectivity index (χ0v) is 58.6. The van der Waals surface area contributed by atoms with Crippen LogP contribution >= 0.6 is 43.5 Å². The summed E-state index contributed by atoms with van der Waals surface area (Å²) in [5.41, 5.74) is 2.14. The van der Waals surface area contributed by atoms with Gasteiger partial charge in [-0.2, -0.15) is 0 Å². The summed E-state index contributed by atoms with van der Waals surface area (Å²) in [7, 11) is 1.30. The molecule has 3 heterocycles. The smallest absolute Gasteiger partial charge is 0.409 e. The fourth-order valence-electron chi connectivity index (χ4n) is 10.9. The van der Waals surface area contributed by atoms with Crippen LogP contribution in [0.4, 0.5) is 21.0 Å². The summed E-state index contributed by atoms with van der Waals surface area (Å²) in [5, 5.41) is 25.5. The van der Waals surface area contributed by atoms with Crippen molar-refractivity contribution in [3.05, 3.63) is 70.3 Å². The lowest BCUT2D eigenvalue weighted by Gasteiger charge is -2.42. The van der Waals surface area contributed by atoms with Gasteiger partial charge >= 0.3 is 18.1 Å². The molecular weight excluding hydrogens is 1370 g/mol. The summed E-state index contributed by atoms with van der Waals surface area (Å²) < 4.78 is 62.5. The predicted molar refractivity (Wildman–Crippen MR) is 349 cm³/mol. The first-order valence-electron chi connectivity index (χ1n) is 30.0. The highest BCUT2D eigenvalue weighted by Gasteiger charge is 2.64. The molecule has 1 unspecified atom stereocenters. The van der Waals surface area contributed by atoms with Crippen molar-refractivity contribution in [2.24, 2.45) is 17.6 Å². The highest BCUT2D eigenvalue weighted by atomic mass is 79.9. The van der Waals surface area contributed by atoms with E-state index in [2.05, 4.69) is 58.4 Å². The molecule has 4 bridgehead atoms. The van der Waals surface area contributed by atoms with Gasteiger partial charge in [-0.05, 0) is 102 Å². The van der Waals surface area contributed by atoms with E-state index in [0.29, 0.717) is 31.2 Å². The predicted octanol–water partition coefficient (Wildman–Crippen LogP) is 5.94. The van der Waals surface area contributed by atoms with Gasteiger partial charge in [0.1, 0.15) is 58.4 Å². The number of nitrogens with one attached hydrogen (secondary N) is 5. The summed E-state index contributed by atoms with van der Waals surface area (Å²) in [6.07, 6.45) is 2.44. The number of ether oxygens (including phenoxy) is 6. The van der Waals surface area contributed by atoms with Crippen LogP contribution in [-0.4, -0.2) is 190 Å². The number of likely N-dealkylation sites (N-methyl/N-ethyl adjacent to an activating group) is 1. The Bertz CT molecular complexity index is 3230. The van der Waals surface area contributed by atoms with E-state index in [1.807, 2.05) is 13.8 Å². The van der Waals surface area contributed by atoms with Gasteiger partial charge in [-0.3, -0.25) is 29.3 Å². The van der Waals surface area contributed by atoms with Gasteiger partial charge in [0, 0.05) is 69.0 Å². The van der Waals surface area contributed by atoms with Gasteiger partial charge in [-0.1, -0.05) is 94.5 Å². The molecule has 2 fully saturated rings. The number of aldehydes is 1. The maximum atomic E-state index is 14.6. The van der Waals surface area contributed by atoms with Crippen LogP contribution in [0.3, 0.4) is 0 Å². The molecule has 0 spiro atoms. The molecule has 92 heavy (non-hydrogen) atoms. The molecule has 8 N–H and O–H groups in total. The minimum atomic E-state index is -4.27. The normalized spacial score (nSPS) is 24.1. The van der Waals surface area contributed by atoms with Crippen LogP contribution in [0.1, 0.15) is 116 Å². The van der Waals surface area contributed by atoms with Crippen LogP contribution in [0.25, 0.3) is 0 Å². The van der Waals surface area contributed by atoms with Crippen LogP contribution in [-0.2, 0) is 68.7 Å². The van der Waals surface area contributed by atoms with Crippen molar-refractivity contribution in [3.63, 3.8) is 0 Å². The number of anilines is 2. The third-order valence-corrected chi connectivity index (χ3v) is 20.0. The second kappa shape index (κ2) is 33.3. The van der Waals surface area contributed by atoms with Gasteiger partial charge in [0.2, 0.25) is 23.6 Å². The fourth-order valence-corrected chi connectivity index (χ4v) is 13.5. The lowest BCUT2D eigenvalue weighted by Crippen LogP contribution is -2.63. The number of alkyl halides is 2. The number of urea groups is 1. The zero-order chi connectivity index (χ0) is 68.8. The van der Waals surface area contributed by atoms with Crippen molar-refractivity contribution >= 4 is 119 Å². The van der Waals surface area contributed by atoms with Gasteiger partial charge in [0.25, 0.3) is 5.91 Å². The fraction of sp³-hybridized carbons (Fsp3) is 0.597. The van der Waals surface area contributed by atoms with E-state index >= 15 is 0 Å². The van der Waals surface area contributed by atoms with Crippen LogP contribution in [0.15, 0.2) is 59.0 Å². The number of aliphatic hydroxyl groups is 1. The Morgan fingerprint density at radius 1 is 1.02 bits per heavy atom. The largest absolute Gasteiger partial charge is 0.495 e. The van der Waals surface area contributed by atoms with Gasteiger partial charge in [0.05, 0.1) is 42.0 Å². The Balaban J connectivity index is 1.38. The number of methoxy groups -OCH3 is 2. The average molecular weight is 1460 g/mol. The number of unbranched alkanes of at least 4 members (excludes halogenated alkanes) is 1. The van der Waals surface area contributed by atoms with Crippen molar-refractivity contribution in [2.45, 2.75) is 177 Å². The number of primary amides is 1. The average Bonchev–Trinajstić information content (AvgIpc) is 1.57. The summed E-state index contributed by atoms with van der Waals surface area (Å²) in [6, 6.07) is 2.08. The maximum Gasteiger partial charge on any atom is 0.409 e. The van der Waals surface area contributed by atoms with E-state index in [1.165, 1.54) is 52.3 Å². The van der Waals surface area contributed by atoms with E-state index in [1.54, 1.807) is 58.1 Å². The Labute approximate surface area is 559 Å². The first-order chi connectivity index (χ1) is 43.1. The number of alkyl carbamates (subject to hydrolysis) is 1. The summed E-state index contributed by atoms with van der Waals surface area (Å²) in [6.45, 7) is 11.7. The number of rotatable bonds is 27. The Hall–Kier alpha value is -6.21. The monoisotopic (exact) mass is 1460 g/mol. The van der Waals surface area contributed by atoms with E-state index in [-0.39, 0.29) is 76.7 Å². The molecule has 2 aromatic carbocycles. The quantitative estimate of drug-likeness (QED) is 0.0179. The number of carbonyl (C=O) groups excluding carboxylic acids is 9. The molecule has 0 aromatic heterocycles. The summed E-state index contributed by atoms with van der Waals surface area (Å²) in [5.74, 6) is -5.42. The van der Waals surface area contributed by atoms with Gasteiger partial charge in [-0.25, -0.2) is 22.8 Å². The molecule has 2 aromatic rings. The molecule has 3 aliphatic heterocycles. The lowest BCUT2D eigenvalue weighted by atomic mass is 9.83. The number of benzene rings is 2. The standard InChI is InChI=1S/C62H87Br2ClN8O18S/c1-34(2)52(70-49(75)21-14-13-18-36(4)90-61(31-63,32-64)33-74)55(78)69-42(19-16-24-67-58(66)81)54(77)68-41-23-22-40(28-46(41)92(12,84)85)56(79)72(8)38(6)57(80)89-48-29-50(76)73(9)43-26-39(27-44(86-10)51(43)65)25-35(3)17-15-20-47(87-11)62(83)30-45(88-59(82)71-62)37(5)53-60(48,7)91-53/h15,17,20,22-23,26-28,33-34,36-38,42,45,47-48,52-53,83H,13-14,16,18-19,21,24-25,29-32H2,1-12H3,(H,68,77)(H,69,78)(H,70,75)(H,71,82)(H3,66,67,81)/b20-15+,35-17+/t36?,37-,38+,42+,45+,47-,48+,52+,53+,60+,62+/m1/s1. The Morgan fingerprint density at radius 3 is 2.32 bits per heavy atom. The summed E-state index contributed by atoms with van der Waals surface area (Å²) in [4.78, 5) is 123. The first-order valence-corrected chi connectivity index (χ1v) is 34.5. The maximum absolute atomic E-state index is 14.6. The van der Waals surface area contributed by atoms with E-state index in [9.17, 15) is 56.7 Å². The Kier molecular flexibility index (Phi) is 27.7. The number of hydrogen-bond donors (Lipinski definition) is 7. The van der Waals surface area contributed by atoms with Gasteiger partial charge in [0.15, 0.2) is 21.8 Å². The highest BCUT2D eigenvalue weighted by Crippen LogP contribution is 2.49. The number of nitrogens with two attached hydrogens (primary N) is 1. The van der Waals surface area contributed by atoms with Gasteiger partial charge in [-0.15, -0.1) is 0 Å². The minimum absolute atomic E-state index is 0.00503. The van der Waals surface area contributed by atoms with Crippen molar-refractivity contribution in [2.75, 3.05) is 62.0 Å². The number of fused-ring (bicyclic) bond motifs is 5. The molecule has 0 radical (unpaired) electrons. The number of allylic oxidation sites excluding steroid dienone is 3. The van der Waals surface area contributed by atoms with Gasteiger partial charge < -0.3 is 75.1 Å². The van der Waals surface area contributed by atoms with Crippen LogP contribution in [0, 0.1) is 11.8 Å². The minimum Gasteiger partial charge on any atom is -0.495 e. The number of halogens is 3. The molecule has 0 saturated carbocycles. The molecule has 8 amide bonds. The van der Waals surface area contributed by atoms with E-state index < -0.39 is 140 Å². The molecule has 26 nitrogen and oxygen atoms in total. The van der Waals surface area contributed by atoms with Crippen LogP contribution in [0.5, 0.6) is 5.75 Å². The van der Waals surface area contributed by atoms with Crippen molar-refractivity contribution < 1.29 is 85.1 Å². The second-order valence-electron chi connectivity index (χ2n) is 24.2. The number of amides is 8. The molecule has 2 saturated heterocycles. The number of nitrogens with zero attached hydrogens (tertiary/aromatic N) is 2. The topological polar surface area (TPSA) is 359 Å². The number of epoxide rings is 1. The molecule has 30 heteroatoms. The molecule has 510 valence electrons. The third kappa shape index (κ3) is 19.9. The number of esters is 1. The lowest BCUT2D eigenvalue weighted by molar-refractivity contribution is -0.158. The number of carbonyl (C=O) groups is 9. The third-order valence-electron chi connectivity index (χ3n) is 16.6. The molecule has 3 aliphatic rings. The van der Waals surface area contributed by atoms with Crippen molar-refractivity contribution in [1.29, 1.82) is 0 Å². The molecule has 11 atom stereocenters. The number of hydrogen-bond acceptors (Lipinski definition) is 18. The zero-order valence-electron chi connectivity index (χ0n) is 53.9. The summed E-state index contributed by atoms with van der Waals surface area (Å²) >= 11 is 13.5. The van der Waals surface area contributed by atoms with E-state index in [4.69, 9.17) is 45.8 Å². The first kappa shape index (κ1) is 76.5. The highest BCUT2D eigenvalue weighted by molar-refractivity contribution is 9.10. The SMILES string of the molecule is COc1cc2cc(c1Cl)N(C)C(=O)C[C@H](OC(=O)[C@H](C)N(C)C(=O)c1ccc(NC(=O)[C@H](CCCNC(N)=O)NC(=O)[C@@H](NC(=O)CCCCC(C)OC(C=O)(CBr)CBr)C(C)C)c(S(C)(=O)=O)c1)[C@]1(C)O[C@H]1[C@H](C)[C@@H]1C[C@@](O)(NC(=O)O1)[C@H](OC)/C=C/C=C(\C)C2. The number of sulfone groups is 1. The van der Waals surface area contributed by atoms with Crippen LogP contribution < -0.4 is 42.0 Å². The molecule has 0 aliphatic carbocycles. The Morgan fingerprint density at radius 2 is 1.71 bits per heavy atom. The van der Waals surface area contributed by atoms with E-state index in [0.717, 1.165) is 29.1 Å². The van der Waals surface area contributed by atoms with Crippen LogP contribution in [0.2, 0.25) is 5.02 Å². The van der Waals surface area contributed by atoms with Crippen molar-refractivity contribution in [1.82, 2.24) is 26.2 Å².